The average Bonchev–Trinajstić information content (AvgIpc) is 2.56. The number of anilines is 1. The van der Waals surface area contributed by atoms with Crippen LogP contribution in [0.4, 0.5) is 15.3 Å². The normalized spacial score (nSPS) is 9.88. The van der Waals surface area contributed by atoms with Crippen LogP contribution in [0.15, 0.2) is 54.6 Å². The molecule has 2 rings (SSSR count). The molecule has 0 saturated heterocycles. The highest BCUT2D eigenvalue weighted by atomic mass is 16.6. The lowest BCUT2D eigenvalue weighted by molar-refractivity contribution is 0.199. The Morgan fingerprint density at radius 3 is 2.50 bits per heavy atom. The van der Waals surface area contributed by atoms with E-state index in [1.165, 1.54) is 0 Å². The Balaban J connectivity index is 1.83. The topological polar surface area (TPSA) is 76.7 Å². The Morgan fingerprint density at radius 2 is 1.75 bits per heavy atom. The Hall–Kier alpha value is -3.02. The maximum Gasteiger partial charge on any atom is 0.420 e. The molecule has 0 spiro atoms. The van der Waals surface area contributed by atoms with Crippen molar-refractivity contribution >= 4 is 17.8 Å². The third kappa shape index (κ3) is 6.00. The number of nitrogens with one attached hydrogen (secondary N) is 2. The van der Waals surface area contributed by atoms with E-state index >= 15 is 0 Å². The van der Waals surface area contributed by atoms with E-state index in [0.29, 0.717) is 23.8 Å². The monoisotopic (exact) mass is 328 g/mol. The third-order valence-corrected chi connectivity index (χ3v) is 3.03. The molecule has 2 aromatic carbocycles. The maximum absolute atomic E-state index is 11.8. The van der Waals surface area contributed by atoms with Gasteiger partial charge in [-0.1, -0.05) is 37.6 Å². The smallest absolute Gasteiger partial charge is 0.420 e. The SMILES string of the molecule is CCCCOc1cccc(NC(=O)NC(=O)Oc2ccccc2)c1. The zero-order valence-corrected chi connectivity index (χ0v) is 13.5. The molecular formula is C18H20N2O4. The summed E-state index contributed by atoms with van der Waals surface area (Å²) in [6.45, 7) is 2.70. The molecule has 3 amide bonds. The number of para-hydroxylation sites is 1. The number of benzene rings is 2. The molecule has 6 heteroatoms. The third-order valence-electron chi connectivity index (χ3n) is 3.03. The minimum absolute atomic E-state index is 0.356. The molecule has 0 aliphatic heterocycles. The first kappa shape index (κ1) is 17.3. The Morgan fingerprint density at radius 1 is 1.00 bits per heavy atom. The van der Waals surface area contributed by atoms with Gasteiger partial charge in [0.1, 0.15) is 11.5 Å². The van der Waals surface area contributed by atoms with Crippen LogP contribution in [0.3, 0.4) is 0 Å². The van der Waals surface area contributed by atoms with Gasteiger partial charge in [0.2, 0.25) is 0 Å². The van der Waals surface area contributed by atoms with E-state index in [4.69, 9.17) is 9.47 Å². The van der Waals surface area contributed by atoms with Gasteiger partial charge in [-0.15, -0.1) is 0 Å². The van der Waals surface area contributed by atoms with E-state index in [1.54, 1.807) is 48.5 Å². The Kier molecular flexibility index (Phi) is 6.64. The molecule has 6 nitrogen and oxygen atoms in total. The number of imide groups is 1. The summed E-state index contributed by atoms with van der Waals surface area (Å²) in [5, 5.41) is 4.66. The van der Waals surface area contributed by atoms with Gasteiger partial charge >= 0.3 is 12.1 Å². The summed E-state index contributed by atoms with van der Waals surface area (Å²) in [5.41, 5.74) is 0.522. The summed E-state index contributed by atoms with van der Waals surface area (Å²) in [4.78, 5) is 23.5. The molecule has 2 N–H and O–H groups in total. The average molecular weight is 328 g/mol. The van der Waals surface area contributed by atoms with Crippen molar-refractivity contribution in [2.45, 2.75) is 19.8 Å². The van der Waals surface area contributed by atoms with E-state index in [2.05, 4.69) is 17.6 Å². The Labute approximate surface area is 140 Å². The van der Waals surface area contributed by atoms with Gasteiger partial charge in [0.05, 0.1) is 6.61 Å². The summed E-state index contributed by atoms with van der Waals surface area (Å²) in [6, 6.07) is 14.8. The summed E-state index contributed by atoms with van der Waals surface area (Å²) in [7, 11) is 0. The van der Waals surface area contributed by atoms with E-state index in [-0.39, 0.29) is 0 Å². The second-order valence-electron chi connectivity index (χ2n) is 5.01. The second kappa shape index (κ2) is 9.19. The van der Waals surface area contributed by atoms with Crippen molar-refractivity contribution < 1.29 is 19.1 Å². The lowest BCUT2D eigenvalue weighted by atomic mass is 10.3. The number of rotatable bonds is 6. The predicted molar refractivity (Wildman–Crippen MR) is 91.5 cm³/mol. The second-order valence-corrected chi connectivity index (χ2v) is 5.01. The number of urea groups is 1. The van der Waals surface area contributed by atoms with Gasteiger partial charge < -0.3 is 14.8 Å². The summed E-state index contributed by atoms with van der Waals surface area (Å²) in [5.74, 6) is 1.02. The number of carbonyl (C=O) groups is 2. The number of carbonyl (C=O) groups excluding carboxylic acids is 2. The fourth-order valence-electron chi connectivity index (χ4n) is 1.87. The Bertz CT molecular complexity index is 674. The molecule has 0 bridgehead atoms. The zero-order valence-electron chi connectivity index (χ0n) is 13.5. The van der Waals surface area contributed by atoms with Crippen LogP contribution in [0, 0.1) is 0 Å². The molecular weight excluding hydrogens is 308 g/mol. The molecule has 0 saturated carbocycles. The van der Waals surface area contributed by atoms with Crippen LogP contribution in [-0.2, 0) is 0 Å². The molecule has 0 radical (unpaired) electrons. The van der Waals surface area contributed by atoms with E-state index in [1.807, 2.05) is 6.07 Å². The van der Waals surface area contributed by atoms with Gasteiger partial charge in [0.25, 0.3) is 0 Å². The van der Waals surface area contributed by atoms with Gasteiger partial charge in [-0.05, 0) is 30.7 Å². The van der Waals surface area contributed by atoms with Crippen molar-refractivity contribution in [2.24, 2.45) is 0 Å². The van der Waals surface area contributed by atoms with Crippen LogP contribution in [0.5, 0.6) is 11.5 Å². The maximum atomic E-state index is 11.8. The van der Waals surface area contributed by atoms with Crippen molar-refractivity contribution in [1.82, 2.24) is 5.32 Å². The van der Waals surface area contributed by atoms with Crippen LogP contribution >= 0.6 is 0 Å². The predicted octanol–water partition coefficient (Wildman–Crippen LogP) is 4.19. The van der Waals surface area contributed by atoms with Crippen LogP contribution < -0.4 is 20.1 Å². The lowest BCUT2D eigenvalue weighted by Crippen LogP contribution is -2.36. The van der Waals surface area contributed by atoms with Gasteiger partial charge in [0, 0.05) is 11.8 Å². The molecule has 0 heterocycles. The van der Waals surface area contributed by atoms with Gasteiger partial charge in [0.15, 0.2) is 0 Å². The van der Waals surface area contributed by atoms with E-state index in [0.717, 1.165) is 12.8 Å². The molecule has 0 unspecified atom stereocenters. The van der Waals surface area contributed by atoms with Gasteiger partial charge in [-0.3, -0.25) is 0 Å². The summed E-state index contributed by atoms with van der Waals surface area (Å²) < 4.78 is 10.5. The summed E-state index contributed by atoms with van der Waals surface area (Å²) >= 11 is 0. The number of amides is 3. The van der Waals surface area contributed by atoms with Crippen molar-refractivity contribution in [3.05, 3.63) is 54.6 Å². The van der Waals surface area contributed by atoms with Crippen molar-refractivity contribution in [1.29, 1.82) is 0 Å². The standard InChI is InChI=1S/C18H20N2O4/c1-2-3-12-23-16-11-7-8-14(13-16)19-17(21)20-18(22)24-15-9-5-4-6-10-15/h4-11,13H,2-3,12H2,1H3,(H2,19,20,21,22). The fourth-order valence-corrected chi connectivity index (χ4v) is 1.87. The summed E-state index contributed by atoms with van der Waals surface area (Å²) in [6.07, 6.45) is 1.15. The molecule has 24 heavy (non-hydrogen) atoms. The minimum Gasteiger partial charge on any atom is -0.494 e. The first-order valence-electron chi connectivity index (χ1n) is 7.75. The molecule has 2 aromatic rings. The number of hydrogen-bond donors (Lipinski definition) is 2. The largest absolute Gasteiger partial charge is 0.494 e. The van der Waals surface area contributed by atoms with Crippen molar-refractivity contribution in [2.75, 3.05) is 11.9 Å². The fraction of sp³-hybridized carbons (Fsp3) is 0.222. The van der Waals surface area contributed by atoms with Crippen LogP contribution in [0.25, 0.3) is 0 Å². The van der Waals surface area contributed by atoms with Crippen molar-refractivity contribution in [3.63, 3.8) is 0 Å². The van der Waals surface area contributed by atoms with Crippen LogP contribution in [0.2, 0.25) is 0 Å². The molecule has 0 aliphatic carbocycles. The first-order chi connectivity index (χ1) is 11.7. The van der Waals surface area contributed by atoms with E-state index in [9.17, 15) is 9.59 Å². The molecule has 0 aliphatic rings. The number of hydrogen-bond acceptors (Lipinski definition) is 4. The lowest BCUT2D eigenvalue weighted by Gasteiger charge is -2.09. The highest BCUT2D eigenvalue weighted by molar-refractivity contribution is 5.99. The van der Waals surface area contributed by atoms with Gasteiger partial charge in [-0.25, -0.2) is 14.9 Å². The molecule has 0 atom stereocenters. The highest BCUT2D eigenvalue weighted by Gasteiger charge is 2.10. The van der Waals surface area contributed by atoms with Crippen molar-refractivity contribution in [3.8, 4) is 11.5 Å². The molecule has 126 valence electrons. The number of unbranched alkanes of at least 4 members (excludes halogenated alkanes) is 1. The first-order valence-corrected chi connectivity index (χ1v) is 7.75. The highest BCUT2D eigenvalue weighted by Crippen LogP contribution is 2.17. The van der Waals surface area contributed by atoms with Gasteiger partial charge in [-0.2, -0.15) is 0 Å². The molecule has 0 fully saturated rings. The quantitative estimate of drug-likeness (QED) is 0.780. The van der Waals surface area contributed by atoms with Crippen LogP contribution in [0.1, 0.15) is 19.8 Å². The zero-order chi connectivity index (χ0) is 17.2. The molecule has 0 aromatic heterocycles. The minimum atomic E-state index is -0.853. The van der Waals surface area contributed by atoms with Crippen LogP contribution in [-0.4, -0.2) is 18.7 Å². The van der Waals surface area contributed by atoms with E-state index < -0.39 is 12.1 Å². The number of ether oxygens (including phenoxy) is 2.